The molecule has 5 heteroatoms. The van der Waals surface area contributed by atoms with Crippen LogP contribution in [-0.4, -0.2) is 42.7 Å². The van der Waals surface area contributed by atoms with Gasteiger partial charge in [0.15, 0.2) is 0 Å². The van der Waals surface area contributed by atoms with Crippen LogP contribution in [0, 0.1) is 5.92 Å². The van der Waals surface area contributed by atoms with E-state index in [1.54, 1.807) is 13.3 Å². The highest BCUT2D eigenvalue weighted by molar-refractivity contribution is 5.69. The van der Waals surface area contributed by atoms with Crippen LogP contribution in [0.1, 0.15) is 31.7 Å². The van der Waals surface area contributed by atoms with E-state index >= 15 is 0 Å². The van der Waals surface area contributed by atoms with Crippen LogP contribution in [-0.2, 0) is 16.1 Å². The summed E-state index contributed by atoms with van der Waals surface area (Å²) in [7, 11) is 1.65. The summed E-state index contributed by atoms with van der Waals surface area (Å²) in [6.45, 7) is 5.17. The highest BCUT2D eigenvalue weighted by Gasteiger charge is 2.22. The number of methoxy groups -OCH3 is 1. The van der Waals surface area contributed by atoms with Crippen LogP contribution in [0.15, 0.2) is 18.3 Å². The Hall–Kier alpha value is -1.62. The first-order chi connectivity index (χ1) is 10.2. The monoisotopic (exact) mass is 292 g/mol. The number of hydrogen-bond donors (Lipinski definition) is 0. The van der Waals surface area contributed by atoms with Gasteiger partial charge in [-0.15, -0.1) is 0 Å². The maximum absolute atomic E-state index is 11.5. The number of piperidine rings is 1. The van der Waals surface area contributed by atoms with Crippen molar-refractivity contribution in [3.8, 4) is 5.88 Å². The molecule has 0 spiro atoms. The van der Waals surface area contributed by atoms with Gasteiger partial charge >= 0.3 is 5.97 Å². The van der Waals surface area contributed by atoms with Gasteiger partial charge in [-0.1, -0.05) is 6.07 Å². The fourth-order valence-corrected chi connectivity index (χ4v) is 2.77. The van der Waals surface area contributed by atoms with Crippen molar-refractivity contribution < 1.29 is 14.3 Å². The molecule has 116 valence electrons. The first-order valence-electron chi connectivity index (χ1n) is 7.58. The Kier molecular flexibility index (Phi) is 5.99. The van der Waals surface area contributed by atoms with Crippen LogP contribution in [0.2, 0.25) is 0 Å². The minimum absolute atomic E-state index is 0.0649. The topological polar surface area (TPSA) is 51.7 Å². The van der Waals surface area contributed by atoms with Crippen molar-refractivity contribution >= 4 is 5.97 Å². The fourth-order valence-electron chi connectivity index (χ4n) is 2.77. The number of carbonyl (C=O) groups excluding carboxylic acids is 1. The molecule has 0 atom stereocenters. The first kappa shape index (κ1) is 15.8. The highest BCUT2D eigenvalue weighted by Crippen LogP contribution is 2.24. The molecule has 21 heavy (non-hydrogen) atoms. The van der Waals surface area contributed by atoms with Gasteiger partial charge in [0.1, 0.15) is 0 Å². The van der Waals surface area contributed by atoms with Gasteiger partial charge in [0.2, 0.25) is 5.88 Å². The van der Waals surface area contributed by atoms with E-state index in [4.69, 9.17) is 9.47 Å². The Morgan fingerprint density at radius 3 is 2.86 bits per heavy atom. The van der Waals surface area contributed by atoms with Gasteiger partial charge in [-0.25, -0.2) is 4.98 Å². The summed E-state index contributed by atoms with van der Waals surface area (Å²) in [5.41, 5.74) is 1.11. The van der Waals surface area contributed by atoms with E-state index in [0.29, 0.717) is 24.8 Å². The van der Waals surface area contributed by atoms with Gasteiger partial charge in [-0.2, -0.15) is 0 Å². The molecular formula is C16H24N2O3. The molecule has 0 aromatic carbocycles. The van der Waals surface area contributed by atoms with E-state index in [0.717, 1.165) is 38.0 Å². The van der Waals surface area contributed by atoms with Gasteiger partial charge in [-0.05, 0) is 44.8 Å². The maximum atomic E-state index is 11.5. The quantitative estimate of drug-likeness (QED) is 0.753. The predicted molar refractivity (Wildman–Crippen MR) is 80.0 cm³/mol. The Morgan fingerprint density at radius 2 is 2.19 bits per heavy atom. The lowest BCUT2D eigenvalue weighted by molar-refractivity contribution is -0.144. The molecule has 1 aromatic heterocycles. The Morgan fingerprint density at radius 1 is 1.43 bits per heavy atom. The lowest BCUT2D eigenvalue weighted by Crippen LogP contribution is -2.34. The molecule has 2 rings (SSSR count). The second kappa shape index (κ2) is 7.98. The van der Waals surface area contributed by atoms with Crippen molar-refractivity contribution in [1.29, 1.82) is 0 Å². The van der Waals surface area contributed by atoms with Gasteiger partial charge in [-0.3, -0.25) is 9.69 Å². The number of esters is 1. The van der Waals surface area contributed by atoms with E-state index in [1.807, 2.05) is 13.0 Å². The Bertz CT molecular complexity index is 457. The molecule has 1 aliphatic heterocycles. The molecule has 0 saturated carbocycles. The minimum atomic E-state index is -0.0649. The predicted octanol–water partition coefficient (Wildman–Crippen LogP) is 2.26. The van der Waals surface area contributed by atoms with Crippen molar-refractivity contribution in [2.45, 2.75) is 32.7 Å². The number of pyridine rings is 1. The number of likely N-dealkylation sites (tertiary alicyclic amines) is 1. The van der Waals surface area contributed by atoms with Crippen molar-refractivity contribution in [3.05, 3.63) is 23.9 Å². The SMILES string of the molecule is CCOC(=O)CC1CCN(Cc2cccnc2OC)CC1. The third kappa shape index (κ3) is 4.70. The molecule has 1 saturated heterocycles. The minimum Gasteiger partial charge on any atom is -0.481 e. The number of rotatable bonds is 6. The molecular weight excluding hydrogens is 268 g/mol. The van der Waals surface area contributed by atoms with Crippen LogP contribution >= 0.6 is 0 Å². The Balaban J connectivity index is 1.80. The molecule has 0 amide bonds. The largest absolute Gasteiger partial charge is 0.481 e. The van der Waals surface area contributed by atoms with Crippen LogP contribution < -0.4 is 4.74 Å². The zero-order chi connectivity index (χ0) is 15.1. The van der Waals surface area contributed by atoms with Crippen LogP contribution in [0.3, 0.4) is 0 Å². The number of nitrogens with zero attached hydrogens (tertiary/aromatic N) is 2. The lowest BCUT2D eigenvalue weighted by atomic mass is 9.93. The zero-order valence-corrected chi connectivity index (χ0v) is 12.9. The summed E-state index contributed by atoms with van der Waals surface area (Å²) in [6, 6.07) is 3.99. The summed E-state index contributed by atoms with van der Waals surface area (Å²) < 4.78 is 10.3. The van der Waals surface area contributed by atoms with Crippen LogP contribution in [0.25, 0.3) is 0 Å². The zero-order valence-electron chi connectivity index (χ0n) is 12.9. The van der Waals surface area contributed by atoms with E-state index in [9.17, 15) is 4.79 Å². The highest BCUT2D eigenvalue weighted by atomic mass is 16.5. The molecule has 0 radical (unpaired) electrons. The summed E-state index contributed by atoms with van der Waals surface area (Å²) in [6.07, 6.45) is 4.38. The summed E-state index contributed by atoms with van der Waals surface area (Å²) >= 11 is 0. The maximum Gasteiger partial charge on any atom is 0.306 e. The molecule has 1 aromatic rings. The van der Waals surface area contributed by atoms with Gasteiger partial charge in [0, 0.05) is 24.7 Å². The second-order valence-electron chi connectivity index (χ2n) is 5.40. The molecule has 0 unspecified atom stereocenters. The normalized spacial score (nSPS) is 16.7. The third-order valence-electron chi connectivity index (χ3n) is 3.91. The van der Waals surface area contributed by atoms with E-state index in [2.05, 4.69) is 16.0 Å². The summed E-state index contributed by atoms with van der Waals surface area (Å²) in [5, 5.41) is 0. The molecule has 1 fully saturated rings. The molecule has 0 aliphatic carbocycles. The molecule has 2 heterocycles. The van der Waals surface area contributed by atoms with Gasteiger partial charge in [0.25, 0.3) is 0 Å². The van der Waals surface area contributed by atoms with E-state index < -0.39 is 0 Å². The van der Waals surface area contributed by atoms with Crippen LogP contribution in [0.4, 0.5) is 0 Å². The summed E-state index contributed by atoms with van der Waals surface area (Å²) in [4.78, 5) is 18.1. The number of carbonyl (C=O) groups is 1. The lowest BCUT2D eigenvalue weighted by Gasteiger charge is -2.31. The Labute approximate surface area is 126 Å². The second-order valence-corrected chi connectivity index (χ2v) is 5.40. The van der Waals surface area contributed by atoms with Crippen LogP contribution in [0.5, 0.6) is 5.88 Å². The number of hydrogen-bond acceptors (Lipinski definition) is 5. The molecule has 0 bridgehead atoms. The average Bonchev–Trinajstić information content (AvgIpc) is 2.50. The van der Waals surface area contributed by atoms with Crippen molar-refractivity contribution in [1.82, 2.24) is 9.88 Å². The average molecular weight is 292 g/mol. The van der Waals surface area contributed by atoms with E-state index in [1.165, 1.54) is 0 Å². The first-order valence-corrected chi connectivity index (χ1v) is 7.58. The molecule has 1 aliphatic rings. The van der Waals surface area contributed by atoms with E-state index in [-0.39, 0.29) is 5.97 Å². The standard InChI is InChI=1S/C16H24N2O3/c1-3-21-15(19)11-13-6-9-18(10-7-13)12-14-5-4-8-17-16(14)20-2/h4-5,8,13H,3,6-7,9-12H2,1-2H3. The van der Waals surface area contributed by atoms with Gasteiger partial charge < -0.3 is 9.47 Å². The van der Waals surface area contributed by atoms with Crippen molar-refractivity contribution in [2.24, 2.45) is 5.92 Å². The van der Waals surface area contributed by atoms with Gasteiger partial charge in [0.05, 0.1) is 13.7 Å². The fraction of sp³-hybridized carbons (Fsp3) is 0.625. The number of aromatic nitrogens is 1. The smallest absolute Gasteiger partial charge is 0.306 e. The van der Waals surface area contributed by atoms with Crippen molar-refractivity contribution in [2.75, 3.05) is 26.8 Å². The third-order valence-corrected chi connectivity index (χ3v) is 3.91. The van der Waals surface area contributed by atoms with Crippen molar-refractivity contribution in [3.63, 3.8) is 0 Å². The summed E-state index contributed by atoms with van der Waals surface area (Å²) in [5.74, 6) is 1.09. The number of ether oxygens (including phenoxy) is 2. The molecule has 5 nitrogen and oxygen atoms in total. The molecule has 0 N–H and O–H groups in total.